The van der Waals surface area contributed by atoms with E-state index in [0.29, 0.717) is 17.5 Å². The summed E-state index contributed by atoms with van der Waals surface area (Å²) >= 11 is 0. The van der Waals surface area contributed by atoms with Gasteiger partial charge in [0.15, 0.2) is 0 Å². The van der Waals surface area contributed by atoms with Gasteiger partial charge in [-0.2, -0.15) is 0 Å². The van der Waals surface area contributed by atoms with E-state index < -0.39 is 10.0 Å². The fourth-order valence-electron chi connectivity index (χ4n) is 3.15. The number of carbonyl (C=O) groups excluding carboxylic acids is 1. The quantitative estimate of drug-likeness (QED) is 0.876. The van der Waals surface area contributed by atoms with Gasteiger partial charge in [0.25, 0.3) is 5.91 Å². The zero-order chi connectivity index (χ0) is 13.6. The van der Waals surface area contributed by atoms with Crippen molar-refractivity contribution < 1.29 is 13.2 Å². The van der Waals surface area contributed by atoms with E-state index >= 15 is 0 Å². The second-order valence-electron chi connectivity index (χ2n) is 5.36. The molecule has 1 heterocycles. The third-order valence-electron chi connectivity index (χ3n) is 4.08. The monoisotopic (exact) mass is 280 g/mol. The third-order valence-corrected chi connectivity index (χ3v) is 4.99. The zero-order valence-corrected chi connectivity index (χ0v) is 11.3. The fraction of sp³-hybridized carbons (Fsp3) is 0.462. The molecular weight excluding hydrogens is 264 g/mol. The summed E-state index contributed by atoms with van der Waals surface area (Å²) in [5.41, 5.74) is 0.402. The molecule has 3 rings (SSSR count). The first kappa shape index (κ1) is 12.6. The topological polar surface area (TPSA) is 80.5 Å². The van der Waals surface area contributed by atoms with Gasteiger partial charge in [-0.3, -0.25) is 4.79 Å². The molecule has 2 N–H and O–H groups in total. The number of amides is 1. The van der Waals surface area contributed by atoms with Gasteiger partial charge in [0, 0.05) is 18.2 Å². The van der Waals surface area contributed by atoms with Crippen LogP contribution in [0.1, 0.15) is 29.6 Å². The molecule has 5 nitrogen and oxygen atoms in total. The van der Waals surface area contributed by atoms with E-state index in [-0.39, 0.29) is 10.8 Å². The van der Waals surface area contributed by atoms with Crippen molar-refractivity contribution in [1.82, 2.24) is 4.90 Å². The summed E-state index contributed by atoms with van der Waals surface area (Å²) in [6.45, 7) is 0.795. The molecular formula is C13H16N2O3S. The van der Waals surface area contributed by atoms with Gasteiger partial charge >= 0.3 is 0 Å². The van der Waals surface area contributed by atoms with Gasteiger partial charge in [-0.25, -0.2) is 13.6 Å². The van der Waals surface area contributed by atoms with E-state index in [1.54, 1.807) is 12.1 Å². The molecule has 1 saturated heterocycles. The smallest absolute Gasteiger partial charge is 0.254 e. The minimum Gasteiger partial charge on any atom is -0.335 e. The highest BCUT2D eigenvalue weighted by atomic mass is 32.2. The maximum Gasteiger partial charge on any atom is 0.254 e. The number of rotatable bonds is 2. The van der Waals surface area contributed by atoms with Crippen molar-refractivity contribution >= 4 is 15.9 Å². The summed E-state index contributed by atoms with van der Waals surface area (Å²) in [7, 11) is -3.76. The molecule has 0 aromatic heterocycles. The Morgan fingerprint density at radius 3 is 2.68 bits per heavy atom. The average molecular weight is 280 g/mol. The van der Waals surface area contributed by atoms with Gasteiger partial charge in [-0.15, -0.1) is 0 Å². The van der Waals surface area contributed by atoms with Crippen LogP contribution >= 0.6 is 0 Å². The summed E-state index contributed by atoms with van der Waals surface area (Å²) in [6, 6.07) is 6.30. The van der Waals surface area contributed by atoms with Gasteiger partial charge in [0.2, 0.25) is 10.0 Å². The van der Waals surface area contributed by atoms with Crippen molar-refractivity contribution in [3.8, 4) is 0 Å². The molecule has 2 atom stereocenters. The summed E-state index contributed by atoms with van der Waals surface area (Å²) in [5, 5.41) is 5.09. The summed E-state index contributed by atoms with van der Waals surface area (Å²) in [6.07, 6.45) is 3.34. The Bertz CT molecular complexity index is 627. The van der Waals surface area contributed by atoms with Crippen molar-refractivity contribution in [2.24, 2.45) is 11.1 Å². The van der Waals surface area contributed by atoms with Crippen LogP contribution in [-0.2, 0) is 10.0 Å². The Morgan fingerprint density at radius 2 is 2.11 bits per heavy atom. The number of benzene rings is 1. The highest BCUT2D eigenvalue weighted by molar-refractivity contribution is 7.89. The zero-order valence-electron chi connectivity index (χ0n) is 10.5. The number of hydrogen-bond donors (Lipinski definition) is 1. The molecule has 102 valence electrons. The Hall–Kier alpha value is -1.40. The van der Waals surface area contributed by atoms with E-state index in [1.807, 2.05) is 4.90 Å². The fourth-order valence-corrected chi connectivity index (χ4v) is 3.70. The predicted molar refractivity (Wildman–Crippen MR) is 70.0 cm³/mol. The third kappa shape index (κ3) is 2.26. The standard InChI is InChI=1S/C13H16N2O3S/c14-19(17,18)12-3-1-2-10(7-12)13(16)15-8-9-4-5-11(15)6-9/h1-3,7,9,11H,4-6,8H2,(H2,14,17,18). The van der Waals surface area contributed by atoms with Crippen LogP contribution < -0.4 is 5.14 Å². The lowest BCUT2D eigenvalue weighted by molar-refractivity contribution is 0.0703. The number of primary sulfonamides is 1. The van der Waals surface area contributed by atoms with Crippen LogP contribution in [0.3, 0.4) is 0 Å². The molecule has 6 heteroatoms. The first-order valence-electron chi connectivity index (χ1n) is 6.39. The second kappa shape index (κ2) is 4.31. The van der Waals surface area contributed by atoms with Crippen LogP contribution in [0, 0.1) is 5.92 Å². The van der Waals surface area contributed by atoms with E-state index in [1.165, 1.54) is 18.6 Å². The van der Waals surface area contributed by atoms with Gasteiger partial charge in [0.05, 0.1) is 4.90 Å². The number of fused-ring (bicyclic) bond motifs is 2. The number of nitrogens with zero attached hydrogens (tertiary/aromatic N) is 1. The molecule has 1 amide bonds. The molecule has 1 saturated carbocycles. The lowest BCUT2D eigenvalue weighted by Gasteiger charge is -2.27. The van der Waals surface area contributed by atoms with Crippen LogP contribution in [-0.4, -0.2) is 31.8 Å². The Labute approximate surface area is 112 Å². The lowest BCUT2D eigenvalue weighted by Crippen LogP contribution is -2.37. The largest absolute Gasteiger partial charge is 0.335 e. The maximum absolute atomic E-state index is 12.4. The predicted octanol–water partition coefficient (Wildman–Crippen LogP) is 0.958. The van der Waals surface area contributed by atoms with Gasteiger partial charge in [-0.05, 0) is 43.4 Å². The van der Waals surface area contributed by atoms with Crippen LogP contribution in [0.15, 0.2) is 29.2 Å². The number of likely N-dealkylation sites (tertiary alicyclic amines) is 1. The van der Waals surface area contributed by atoms with Crippen LogP contribution in [0.2, 0.25) is 0 Å². The van der Waals surface area contributed by atoms with Gasteiger partial charge in [0.1, 0.15) is 0 Å². The summed E-state index contributed by atoms with van der Waals surface area (Å²) in [5.74, 6) is 0.535. The van der Waals surface area contributed by atoms with Crippen molar-refractivity contribution in [2.45, 2.75) is 30.2 Å². The Balaban J connectivity index is 1.88. The molecule has 2 aliphatic rings. The van der Waals surface area contributed by atoms with Crippen LogP contribution in [0.25, 0.3) is 0 Å². The van der Waals surface area contributed by atoms with Crippen LogP contribution in [0.4, 0.5) is 0 Å². The molecule has 0 radical (unpaired) electrons. The molecule has 1 aromatic carbocycles. The number of hydrogen-bond acceptors (Lipinski definition) is 3. The van der Waals surface area contributed by atoms with Crippen molar-refractivity contribution in [1.29, 1.82) is 0 Å². The van der Waals surface area contributed by atoms with Crippen molar-refractivity contribution in [3.05, 3.63) is 29.8 Å². The Morgan fingerprint density at radius 1 is 1.32 bits per heavy atom. The maximum atomic E-state index is 12.4. The number of piperidine rings is 1. The summed E-state index contributed by atoms with van der Waals surface area (Å²) < 4.78 is 22.6. The van der Waals surface area contributed by atoms with Crippen molar-refractivity contribution in [2.75, 3.05) is 6.54 Å². The molecule has 2 unspecified atom stereocenters. The lowest BCUT2D eigenvalue weighted by atomic mass is 10.1. The van der Waals surface area contributed by atoms with Crippen molar-refractivity contribution in [3.63, 3.8) is 0 Å². The number of sulfonamides is 1. The number of carbonyl (C=O) groups is 1. The summed E-state index contributed by atoms with van der Waals surface area (Å²) in [4.78, 5) is 14.3. The molecule has 1 aliphatic carbocycles. The van der Waals surface area contributed by atoms with Gasteiger partial charge in [-0.1, -0.05) is 6.07 Å². The van der Waals surface area contributed by atoms with E-state index in [0.717, 1.165) is 19.4 Å². The first-order chi connectivity index (χ1) is 8.95. The minimum atomic E-state index is -3.76. The average Bonchev–Trinajstić information content (AvgIpc) is 2.99. The minimum absolute atomic E-state index is 0.0114. The van der Waals surface area contributed by atoms with E-state index in [9.17, 15) is 13.2 Å². The highest BCUT2D eigenvalue weighted by Crippen LogP contribution is 2.38. The molecule has 2 fully saturated rings. The molecule has 2 bridgehead atoms. The SMILES string of the molecule is NS(=O)(=O)c1cccc(C(=O)N2CC3CCC2C3)c1. The van der Waals surface area contributed by atoms with E-state index in [2.05, 4.69) is 0 Å². The molecule has 1 aliphatic heterocycles. The second-order valence-corrected chi connectivity index (χ2v) is 6.92. The Kier molecular flexibility index (Phi) is 2.87. The normalized spacial score (nSPS) is 25.8. The first-order valence-corrected chi connectivity index (χ1v) is 7.93. The molecule has 19 heavy (non-hydrogen) atoms. The molecule has 0 spiro atoms. The number of nitrogens with two attached hydrogens (primary N) is 1. The van der Waals surface area contributed by atoms with Gasteiger partial charge < -0.3 is 4.90 Å². The highest BCUT2D eigenvalue weighted by Gasteiger charge is 2.40. The van der Waals surface area contributed by atoms with Crippen LogP contribution in [0.5, 0.6) is 0 Å². The molecule has 1 aromatic rings. The van der Waals surface area contributed by atoms with E-state index in [4.69, 9.17) is 5.14 Å².